The van der Waals surface area contributed by atoms with Crippen molar-refractivity contribution in [2.45, 2.75) is 39.1 Å². The minimum absolute atomic E-state index is 0.218. The molecule has 0 aromatic heterocycles. The number of hydrogen-bond donors (Lipinski definition) is 2. The first-order valence-electron chi connectivity index (χ1n) is 8.37. The lowest BCUT2D eigenvalue weighted by molar-refractivity contribution is 0.0853. The van der Waals surface area contributed by atoms with Gasteiger partial charge in [0.2, 0.25) is 0 Å². The Morgan fingerprint density at radius 1 is 1.26 bits per heavy atom. The van der Waals surface area contributed by atoms with Crippen molar-refractivity contribution in [3.63, 3.8) is 0 Å². The first-order valence-corrected chi connectivity index (χ1v) is 8.37. The SMILES string of the molecule is CCCN(CC(O)COc1ccc(CCCOC)cc1)B(C)O. The summed E-state index contributed by atoms with van der Waals surface area (Å²) in [6, 6.07) is 7.92. The van der Waals surface area contributed by atoms with Gasteiger partial charge in [-0.1, -0.05) is 19.1 Å². The van der Waals surface area contributed by atoms with E-state index >= 15 is 0 Å². The lowest BCUT2D eigenvalue weighted by Gasteiger charge is -2.25. The van der Waals surface area contributed by atoms with Crippen LogP contribution >= 0.6 is 0 Å². The summed E-state index contributed by atoms with van der Waals surface area (Å²) in [5.74, 6) is 0.749. The number of benzene rings is 1. The van der Waals surface area contributed by atoms with Gasteiger partial charge >= 0.3 is 7.05 Å². The molecule has 0 saturated carbocycles. The van der Waals surface area contributed by atoms with E-state index in [0.717, 1.165) is 38.2 Å². The monoisotopic (exact) mass is 323 g/mol. The second-order valence-corrected chi connectivity index (χ2v) is 5.83. The molecule has 0 saturated heterocycles. The van der Waals surface area contributed by atoms with Crippen LogP contribution in [-0.4, -0.2) is 61.5 Å². The van der Waals surface area contributed by atoms with Gasteiger partial charge in [0.25, 0.3) is 0 Å². The molecule has 5 nitrogen and oxygen atoms in total. The molecule has 0 bridgehead atoms. The number of aliphatic hydroxyl groups is 1. The smallest absolute Gasteiger partial charge is 0.376 e. The molecule has 6 heteroatoms. The Labute approximate surface area is 140 Å². The van der Waals surface area contributed by atoms with E-state index in [1.165, 1.54) is 5.56 Å². The van der Waals surface area contributed by atoms with E-state index in [-0.39, 0.29) is 6.61 Å². The standard InChI is InChI=1S/C17H30BNO4/c1-4-11-19(18(2)21)13-16(20)14-23-17-9-7-15(8-10-17)6-5-12-22-3/h7-10,16,20-21H,4-6,11-14H2,1-3H3. The highest BCUT2D eigenvalue weighted by Crippen LogP contribution is 2.14. The Morgan fingerprint density at radius 3 is 2.52 bits per heavy atom. The summed E-state index contributed by atoms with van der Waals surface area (Å²) >= 11 is 0. The fraction of sp³-hybridized carbons (Fsp3) is 0.647. The van der Waals surface area contributed by atoms with Crippen LogP contribution in [0.25, 0.3) is 0 Å². The van der Waals surface area contributed by atoms with E-state index in [9.17, 15) is 10.1 Å². The number of aliphatic hydroxyl groups excluding tert-OH is 1. The molecule has 0 spiro atoms. The molecule has 130 valence electrons. The molecule has 1 aromatic rings. The van der Waals surface area contributed by atoms with Crippen molar-refractivity contribution in [3.8, 4) is 5.75 Å². The Kier molecular flexibility index (Phi) is 9.95. The van der Waals surface area contributed by atoms with Gasteiger partial charge in [-0.15, -0.1) is 0 Å². The third-order valence-corrected chi connectivity index (χ3v) is 3.66. The van der Waals surface area contributed by atoms with Gasteiger partial charge < -0.3 is 24.4 Å². The molecule has 1 unspecified atom stereocenters. The molecule has 1 atom stereocenters. The Balaban J connectivity index is 2.35. The van der Waals surface area contributed by atoms with Crippen molar-refractivity contribution < 1.29 is 19.6 Å². The molecule has 0 aliphatic rings. The third-order valence-electron chi connectivity index (χ3n) is 3.66. The van der Waals surface area contributed by atoms with E-state index in [1.54, 1.807) is 13.9 Å². The lowest BCUT2D eigenvalue weighted by Crippen LogP contribution is -2.44. The van der Waals surface area contributed by atoms with Gasteiger partial charge in [0.15, 0.2) is 0 Å². The predicted molar refractivity (Wildman–Crippen MR) is 93.8 cm³/mol. The number of hydrogen-bond acceptors (Lipinski definition) is 5. The molecule has 2 N–H and O–H groups in total. The zero-order chi connectivity index (χ0) is 17.1. The van der Waals surface area contributed by atoms with Crippen LogP contribution in [-0.2, 0) is 11.2 Å². The van der Waals surface area contributed by atoms with Crippen LogP contribution in [0.3, 0.4) is 0 Å². The highest BCUT2D eigenvalue weighted by molar-refractivity contribution is 6.45. The topological polar surface area (TPSA) is 62.2 Å². The Morgan fingerprint density at radius 2 is 1.96 bits per heavy atom. The molecule has 0 aliphatic carbocycles. The Hall–Kier alpha value is -1.08. The molecule has 0 radical (unpaired) electrons. The molecule has 23 heavy (non-hydrogen) atoms. The van der Waals surface area contributed by atoms with Crippen LogP contribution in [0, 0.1) is 0 Å². The summed E-state index contributed by atoms with van der Waals surface area (Å²) in [6.07, 6.45) is 2.29. The number of methoxy groups -OCH3 is 1. The van der Waals surface area contributed by atoms with Crippen molar-refractivity contribution in [1.82, 2.24) is 4.81 Å². The first kappa shape index (κ1) is 20.0. The van der Waals surface area contributed by atoms with Crippen molar-refractivity contribution in [2.24, 2.45) is 0 Å². The maximum atomic E-state index is 10.1. The zero-order valence-electron chi connectivity index (χ0n) is 14.6. The first-order chi connectivity index (χ1) is 11.1. The van der Waals surface area contributed by atoms with Crippen molar-refractivity contribution in [1.29, 1.82) is 0 Å². The summed E-state index contributed by atoms with van der Waals surface area (Å²) in [7, 11) is 1.15. The number of rotatable bonds is 12. The number of ether oxygens (including phenoxy) is 2. The second kappa shape index (κ2) is 11.5. The molecule has 1 rings (SSSR count). The minimum Gasteiger partial charge on any atom is -0.491 e. The zero-order valence-corrected chi connectivity index (χ0v) is 14.6. The number of nitrogens with zero attached hydrogens (tertiary/aromatic N) is 1. The van der Waals surface area contributed by atoms with E-state index in [1.807, 2.05) is 36.0 Å². The van der Waals surface area contributed by atoms with E-state index in [0.29, 0.717) is 6.54 Å². The molecule has 0 heterocycles. The van der Waals surface area contributed by atoms with Gasteiger partial charge in [0.1, 0.15) is 12.4 Å². The quantitative estimate of drug-likeness (QED) is 0.454. The summed E-state index contributed by atoms with van der Waals surface area (Å²) in [4.78, 5) is 1.84. The summed E-state index contributed by atoms with van der Waals surface area (Å²) < 4.78 is 10.7. The van der Waals surface area contributed by atoms with Crippen molar-refractivity contribution >= 4 is 7.05 Å². The van der Waals surface area contributed by atoms with Crippen LogP contribution < -0.4 is 4.74 Å². The third kappa shape index (κ3) is 8.37. The highest BCUT2D eigenvalue weighted by Gasteiger charge is 2.18. The van der Waals surface area contributed by atoms with Crippen molar-refractivity contribution in [3.05, 3.63) is 29.8 Å². The van der Waals surface area contributed by atoms with Crippen LogP contribution in [0.1, 0.15) is 25.3 Å². The molecular weight excluding hydrogens is 293 g/mol. The fourth-order valence-electron chi connectivity index (χ4n) is 2.41. The van der Waals surface area contributed by atoms with E-state index < -0.39 is 13.2 Å². The van der Waals surface area contributed by atoms with Gasteiger partial charge in [-0.25, -0.2) is 0 Å². The van der Waals surface area contributed by atoms with E-state index in [4.69, 9.17) is 9.47 Å². The summed E-state index contributed by atoms with van der Waals surface area (Å²) in [5, 5.41) is 19.7. The van der Waals surface area contributed by atoms with Crippen LogP contribution in [0.15, 0.2) is 24.3 Å². The van der Waals surface area contributed by atoms with Crippen LogP contribution in [0.2, 0.25) is 6.82 Å². The summed E-state index contributed by atoms with van der Waals surface area (Å²) in [5.41, 5.74) is 1.25. The lowest BCUT2D eigenvalue weighted by atomic mass is 9.84. The van der Waals surface area contributed by atoms with Crippen LogP contribution in [0.4, 0.5) is 0 Å². The van der Waals surface area contributed by atoms with Crippen LogP contribution in [0.5, 0.6) is 5.75 Å². The van der Waals surface area contributed by atoms with E-state index in [2.05, 4.69) is 0 Å². The highest BCUT2D eigenvalue weighted by atomic mass is 16.5. The van der Waals surface area contributed by atoms with Gasteiger partial charge in [0, 0.05) is 20.3 Å². The summed E-state index contributed by atoms with van der Waals surface area (Å²) in [6.45, 7) is 5.90. The molecule has 0 aliphatic heterocycles. The molecule has 1 aromatic carbocycles. The Bertz CT molecular complexity index is 414. The molecule has 0 fully saturated rings. The predicted octanol–water partition coefficient (Wildman–Crippen LogP) is 1.83. The normalized spacial score (nSPS) is 12.4. The van der Waals surface area contributed by atoms with Crippen molar-refractivity contribution in [2.75, 3.05) is 33.4 Å². The largest absolute Gasteiger partial charge is 0.491 e. The molecular formula is C17H30BNO4. The van der Waals surface area contributed by atoms with Gasteiger partial charge in [-0.05, 0) is 50.3 Å². The van der Waals surface area contributed by atoms with Gasteiger partial charge in [0.05, 0.1) is 6.10 Å². The van der Waals surface area contributed by atoms with Gasteiger partial charge in [-0.2, -0.15) is 0 Å². The fourth-order valence-corrected chi connectivity index (χ4v) is 2.41. The number of aryl methyl sites for hydroxylation is 1. The maximum absolute atomic E-state index is 10.1. The molecule has 0 amide bonds. The maximum Gasteiger partial charge on any atom is 0.376 e. The van der Waals surface area contributed by atoms with Gasteiger partial charge in [-0.3, -0.25) is 0 Å². The average molecular weight is 323 g/mol. The minimum atomic E-state index is -0.627. The average Bonchev–Trinajstić information content (AvgIpc) is 2.54. The second-order valence-electron chi connectivity index (χ2n) is 5.83.